The molecule has 0 aliphatic carbocycles. The number of phenols is 1. The maximum absolute atomic E-state index is 12.0. The first-order chi connectivity index (χ1) is 10.6. The Labute approximate surface area is 129 Å². The van der Waals surface area contributed by atoms with Gasteiger partial charge in [-0.2, -0.15) is 0 Å². The van der Waals surface area contributed by atoms with E-state index in [2.05, 4.69) is 5.32 Å². The fraction of sp³-hybridized carbons (Fsp3) is 0.235. The van der Waals surface area contributed by atoms with Gasteiger partial charge in [-0.15, -0.1) is 0 Å². The van der Waals surface area contributed by atoms with Crippen LogP contribution in [0.5, 0.6) is 17.2 Å². The lowest BCUT2D eigenvalue weighted by atomic mass is 10.1. The highest BCUT2D eigenvalue weighted by Gasteiger charge is 2.08. The smallest absolute Gasteiger partial charge is 0.224 e. The molecule has 2 aromatic rings. The number of aryl methyl sites for hydroxylation is 1. The molecule has 2 aromatic carbocycles. The Balaban J connectivity index is 1.98. The topological polar surface area (TPSA) is 67.8 Å². The molecule has 0 saturated carbocycles. The van der Waals surface area contributed by atoms with E-state index in [1.807, 2.05) is 6.07 Å². The van der Waals surface area contributed by atoms with Crippen molar-refractivity contribution in [2.45, 2.75) is 12.8 Å². The monoisotopic (exact) mass is 301 g/mol. The van der Waals surface area contributed by atoms with Crippen LogP contribution in [0.15, 0.2) is 42.5 Å². The molecule has 0 aliphatic rings. The lowest BCUT2D eigenvalue weighted by Gasteiger charge is -2.10. The van der Waals surface area contributed by atoms with Gasteiger partial charge >= 0.3 is 0 Å². The molecular formula is C17H19NO4. The van der Waals surface area contributed by atoms with Crippen molar-refractivity contribution in [3.63, 3.8) is 0 Å². The summed E-state index contributed by atoms with van der Waals surface area (Å²) in [7, 11) is 3.11. The minimum absolute atomic E-state index is 0.140. The van der Waals surface area contributed by atoms with Crippen molar-refractivity contribution >= 4 is 11.6 Å². The van der Waals surface area contributed by atoms with E-state index in [1.165, 1.54) is 0 Å². The molecule has 0 aromatic heterocycles. The highest BCUT2D eigenvalue weighted by Crippen LogP contribution is 2.26. The van der Waals surface area contributed by atoms with Gasteiger partial charge in [-0.25, -0.2) is 0 Å². The molecule has 0 unspecified atom stereocenters. The molecule has 0 radical (unpaired) electrons. The number of methoxy groups -OCH3 is 2. The van der Waals surface area contributed by atoms with Gasteiger partial charge in [0.25, 0.3) is 0 Å². The molecule has 0 saturated heterocycles. The van der Waals surface area contributed by atoms with Gasteiger partial charge in [-0.1, -0.05) is 18.2 Å². The summed E-state index contributed by atoms with van der Waals surface area (Å²) in [6, 6.07) is 12.2. The fourth-order valence-corrected chi connectivity index (χ4v) is 2.07. The van der Waals surface area contributed by atoms with Crippen molar-refractivity contribution in [2.24, 2.45) is 0 Å². The van der Waals surface area contributed by atoms with Crippen LogP contribution in [0.4, 0.5) is 5.69 Å². The van der Waals surface area contributed by atoms with Crippen LogP contribution in [-0.2, 0) is 11.2 Å². The first-order valence-electron chi connectivity index (χ1n) is 6.92. The third-order valence-corrected chi connectivity index (χ3v) is 3.25. The van der Waals surface area contributed by atoms with Crippen molar-refractivity contribution in [1.82, 2.24) is 0 Å². The van der Waals surface area contributed by atoms with Gasteiger partial charge in [-0.05, 0) is 18.1 Å². The third kappa shape index (κ3) is 4.15. The Morgan fingerprint density at radius 2 is 1.73 bits per heavy atom. The van der Waals surface area contributed by atoms with Crippen LogP contribution in [0.1, 0.15) is 12.0 Å². The van der Waals surface area contributed by atoms with Gasteiger partial charge in [0.05, 0.1) is 14.2 Å². The van der Waals surface area contributed by atoms with Gasteiger partial charge in [0.2, 0.25) is 5.91 Å². The fourth-order valence-electron chi connectivity index (χ4n) is 2.07. The highest BCUT2D eigenvalue weighted by atomic mass is 16.5. The zero-order chi connectivity index (χ0) is 15.9. The normalized spacial score (nSPS) is 10.1. The molecular weight excluding hydrogens is 282 g/mol. The summed E-state index contributed by atoms with van der Waals surface area (Å²) in [5, 5.41) is 12.5. The molecule has 22 heavy (non-hydrogen) atoms. The van der Waals surface area contributed by atoms with Gasteiger partial charge in [0, 0.05) is 30.3 Å². The zero-order valence-electron chi connectivity index (χ0n) is 12.6. The van der Waals surface area contributed by atoms with Crippen LogP contribution < -0.4 is 14.8 Å². The van der Waals surface area contributed by atoms with Crippen molar-refractivity contribution in [1.29, 1.82) is 0 Å². The number of carbonyl (C=O) groups is 1. The summed E-state index contributed by atoms with van der Waals surface area (Å²) in [6.45, 7) is 0. The second-order valence-electron chi connectivity index (χ2n) is 4.78. The Morgan fingerprint density at radius 3 is 2.32 bits per heavy atom. The zero-order valence-corrected chi connectivity index (χ0v) is 12.6. The Hall–Kier alpha value is -2.69. The number of nitrogens with one attached hydrogen (secondary N) is 1. The Kier molecular flexibility index (Phi) is 5.25. The SMILES string of the molecule is COc1cc(NC(=O)CCc2ccccc2O)cc(OC)c1. The number of carbonyl (C=O) groups excluding carboxylic acids is 1. The number of hydrogen-bond acceptors (Lipinski definition) is 4. The second kappa shape index (κ2) is 7.36. The summed E-state index contributed by atoms with van der Waals surface area (Å²) in [6.07, 6.45) is 0.747. The van der Waals surface area contributed by atoms with E-state index < -0.39 is 0 Å². The molecule has 2 N–H and O–H groups in total. The maximum Gasteiger partial charge on any atom is 0.224 e. The predicted octanol–water partition coefficient (Wildman–Crippen LogP) is 2.98. The summed E-state index contributed by atoms with van der Waals surface area (Å²) < 4.78 is 10.3. The Morgan fingerprint density at radius 1 is 1.09 bits per heavy atom. The predicted molar refractivity (Wildman–Crippen MR) is 84.6 cm³/mol. The van der Waals surface area contributed by atoms with Gasteiger partial charge < -0.3 is 19.9 Å². The molecule has 0 heterocycles. The number of ether oxygens (including phenoxy) is 2. The molecule has 5 heteroatoms. The Bertz CT molecular complexity index is 633. The number of para-hydroxylation sites is 1. The van der Waals surface area contributed by atoms with E-state index in [1.54, 1.807) is 50.6 Å². The van der Waals surface area contributed by atoms with Gasteiger partial charge in [0.15, 0.2) is 0 Å². The molecule has 1 amide bonds. The molecule has 0 bridgehead atoms. The summed E-state index contributed by atoms with van der Waals surface area (Å²) in [5.41, 5.74) is 1.36. The van der Waals surface area contributed by atoms with E-state index >= 15 is 0 Å². The van der Waals surface area contributed by atoms with Crippen LogP contribution in [0, 0.1) is 0 Å². The first-order valence-corrected chi connectivity index (χ1v) is 6.92. The van der Waals surface area contributed by atoms with E-state index in [0.29, 0.717) is 23.6 Å². The third-order valence-electron chi connectivity index (χ3n) is 3.25. The summed E-state index contributed by atoms with van der Waals surface area (Å²) in [4.78, 5) is 12.0. The first kappa shape index (κ1) is 15.7. The average Bonchev–Trinajstić information content (AvgIpc) is 2.53. The van der Waals surface area contributed by atoms with Crippen LogP contribution in [0.25, 0.3) is 0 Å². The number of amides is 1. The van der Waals surface area contributed by atoms with Crippen molar-refractivity contribution < 1.29 is 19.4 Å². The summed E-state index contributed by atoms with van der Waals surface area (Å²) in [5.74, 6) is 1.28. The number of hydrogen-bond donors (Lipinski definition) is 2. The largest absolute Gasteiger partial charge is 0.508 e. The van der Waals surface area contributed by atoms with Crippen LogP contribution in [0.2, 0.25) is 0 Å². The van der Waals surface area contributed by atoms with Crippen molar-refractivity contribution in [2.75, 3.05) is 19.5 Å². The number of phenolic OH excluding ortho intramolecular Hbond substituents is 1. The number of aromatic hydroxyl groups is 1. The standard InChI is InChI=1S/C17H19NO4/c1-21-14-9-13(10-15(11-14)22-2)18-17(20)8-7-12-5-3-4-6-16(12)19/h3-6,9-11,19H,7-8H2,1-2H3,(H,18,20). The quantitative estimate of drug-likeness (QED) is 0.860. The molecule has 5 nitrogen and oxygen atoms in total. The maximum atomic E-state index is 12.0. The molecule has 0 aliphatic heterocycles. The highest BCUT2D eigenvalue weighted by molar-refractivity contribution is 5.91. The summed E-state index contributed by atoms with van der Waals surface area (Å²) >= 11 is 0. The minimum atomic E-state index is -0.140. The van der Waals surface area contributed by atoms with Crippen molar-refractivity contribution in [3.8, 4) is 17.2 Å². The van der Waals surface area contributed by atoms with E-state index in [9.17, 15) is 9.90 Å². The van der Waals surface area contributed by atoms with E-state index in [4.69, 9.17) is 9.47 Å². The average molecular weight is 301 g/mol. The van der Waals surface area contributed by atoms with Gasteiger partial charge in [0.1, 0.15) is 17.2 Å². The molecule has 116 valence electrons. The molecule has 0 fully saturated rings. The lowest BCUT2D eigenvalue weighted by Crippen LogP contribution is -2.12. The molecule has 0 spiro atoms. The van der Waals surface area contributed by atoms with Crippen LogP contribution in [-0.4, -0.2) is 25.2 Å². The van der Waals surface area contributed by atoms with E-state index in [-0.39, 0.29) is 18.1 Å². The lowest BCUT2D eigenvalue weighted by molar-refractivity contribution is -0.116. The van der Waals surface area contributed by atoms with Gasteiger partial charge in [-0.3, -0.25) is 4.79 Å². The number of rotatable bonds is 6. The number of benzene rings is 2. The number of anilines is 1. The second-order valence-corrected chi connectivity index (χ2v) is 4.78. The molecule has 2 rings (SSSR count). The van der Waals surface area contributed by atoms with E-state index in [0.717, 1.165) is 5.56 Å². The van der Waals surface area contributed by atoms with Crippen LogP contribution in [0.3, 0.4) is 0 Å². The minimum Gasteiger partial charge on any atom is -0.508 e. The van der Waals surface area contributed by atoms with Crippen LogP contribution >= 0.6 is 0 Å². The molecule has 0 atom stereocenters. The van der Waals surface area contributed by atoms with Crippen molar-refractivity contribution in [3.05, 3.63) is 48.0 Å².